The predicted molar refractivity (Wildman–Crippen MR) is 91.8 cm³/mol. The van der Waals surface area contributed by atoms with Gasteiger partial charge in [-0.1, -0.05) is 37.1 Å². The van der Waals surface area contributed by atoms with Crippen molar-refractivity contribution < 1.29 is 9.53 Å². The molecule has 0 aliphatic carbocycles. The monoisotopic (exact) mass is 346 g/mol. The third kappa shape index (κ3) is 3.14. The molecule has 2 aromatic rings. The van der Waals surface area contributed by atoms with Crippen LogP contribution < -0.4 is 5.32 Å². The number of aromatic nitrogens is 3. The fourth-order valence-corrected chi connectivity index (χ4v) is 2.82. The first-order valence-corrected chi connectivity index (χ1v) is 8.29. The molecule has 1 aromatic carbocycles. The molecule has 6 nitrogen and oxygen atoms in total. The van der Waals surface area contributed by atoms with Crippen molar-refractivity contribution in [1.29, 1.82) is 0 Å². The Morgan fingerprint density at radius 2 is 2.12 bits per heavy atom. The molecule has 1 aliphatic heterocycles. The zero-order valence-corrected chi connectivity index (χ0v) is 14.4. The number of fused-ring (bicyclic) bond motifs is 1. The van der Waals surface area contributed by atoms with Gasteiger partial charge in [-0.25, -0.2) is 9.48 Å². The minimum atomic E-state index is -0.393. The molecule has 1 aromatic heterocycles. The Bertz CT molecular complexity index is 767. The number of unbranched alkanes of at least 4 members (excludes halogenated alkanes) is 1. The second-order valence-corrected chi connectivity index (χ2v) is 6.07. The number of allylic oxidation sites excluding steroid dienone is 1. The van der Waals surface area contributed by atoms with Gasteiger partial charge in [0.05, 0.1) is 12.2 Å². The summed E-state index contributed by atoms with van der Waals surface area (Å²) in [7, 11) is 0. The van der Waals surface area contributed by atoms with Crippen molar-refractivity contribution in [3.8, 4) is 0 Å². The predicted octanol–water partition coefficient (Wildman–Crippen LogP) is 3.56. The Labute approximate surface area is 145 Å². The van der Waals surface area contributed by atoms with Crippen molar-refractivity contribution in [3.05, 3.63) is 52.4 Å². The van der Waals surface area contributed by atoms with E-state index in [4.69, 9.17) is 16.3 Å². The van der Waals surface area contributed by atoms with Crippen LogP contribution in [0.25, 0.3) is 0 Å². The summed E-state index contributed by atoms with van der Waals surface area (Å²) in [5.74, 6) is 0.257. The van der Waals surface area contributed by atoms with Gasteiger partial charge in [0.2, 0.25) is 5.95 Å². The van der Waals surface area contributed by atoms with E-state index >= 15 is 0 Å². The third-order valence-corrected chi connectivity index (χ3v) is 4.18. The summed E-state index contributed by atoms with van der Waals surface area (Å²) in [6, 6.07) is 6.97. The van der Waals surface area contributed by atoms with Crippen LogP contribution in [0.15, 0.2) is 41.9 Å². The Morgan fingerprint density at radius 1 is 1.38 bits per heavy atom. The van der Waals surface area contributed by atoms with E-state index < -0.39 is 6.04 Å². The molecule has 7 heteroatoms. The topological polar surface area (TPSA) is 69.0 Å². The van der Waals surface area contributed by atoms with Gasteiger partial charge in [-0.15, -0.1) is 0 Å². The molecular weight excluding hydrogens is 328 g/mol. The van der Waals surface area contributed by atoms with Gasteiger partial charge in [0, 0.05) is 10.7 Å². The van der Waals surface area contributed by atoms with Crippen molar-refractivity contribution in [1.82, 2.24) is 14.8 Å². The second kappa shape index (κ2) is 7.05. The number of rotatable bonds is 5. The van der Waals surface area contributed by atoms with Crippen LogP contribution in [0.5, 0.6) is 0 Å². The van der Waals surface area contributed by atoms with Crippen LogP contribution in [0.3, 0.4) is 0 Å². The van der Waals surface area contributed by atoms with Crippen molar-refractivity contribution in [2.24, 2.45) is 0 Å². The molecule has 1 aliphatic rings. The molecule has 1 atom stereocenters. The first-order valence-electron chi connectivity index (χ1n) is 7.91. The Balaban J connectivity index is 2.00. The minimum absolute atomic E-state index is 0.338. The molecule has 24 heavy (non-hydrogen) atoms. The van der Waals surface area contributed by atoms with Gasteiger partial charge < -0.3 is 10.1 Å². The number of halogens is 1. The molecule has 0 fully saturated rings. The summed E-state index contributed by atoms with van der Waals surface area (Å²) in [6.45, 7) is 4.31. The second-order valence-electron chi connectivity index (χ2n) is 5.64. The standard InChI is InChI=1S/C17H19ClN4O2/c1-3-4-9-24-16(23)14-11(2)21-17-19-10-20-22(17)15(14)12-5-7-13(18)8-6-12/h5-8,10,15H,3-4,9H2,1-2H3,(H,19,20,21)/t15-/m1/s1. The summed E-state index contributed by atoms with van der Waals surface area (Å²) in [6.07, 6.45) is 3.27. The summed E-state index contributed by atoms with van der Waals surface area (Å²) in [5, 5.41) is 8.02. The number of nitrogens with zero attached hydrogens (tertiary/aromatic N) is 3. The van der Waals surface area contributed by atoms with Gasteiger partial charge in [-0.2, -0.15) is 10.1 Å². The number of benzene rings is 1. The molecule has 0 amide bonds. The lowest BCUT2D eigenvalue weighted by Gasteiger charge is -2.28. The minimum Gasteiger partial charge on any atom is -0.462 e. The number of anilines is 1. The molecule has 0 bridgehead atoms. The molecule has 0 saturated heterocycles. The average molecular weight is 347 g/mol. The van der Waals surface area contributed by atoms with Gasteiger partial charge in [0.15, 0.2) is 0 Å². The highest BCUT2D eigenvalue weighted by Crippen LogP contribution is 2.35. The summed E-state index contributed by atoms with van der Waals surface area (Å²) < 4.78 is 7.12. The van der Waals surface area contributed by atoms with Gasteiger partial charge >= 0.3 is 5.97 Å². The fraction of sp³-hybridized carbons (Fsp3) is 0.353. The van der Waals surface area contributed by atoms with E-state index in [-0.39, 0.29) is 5.97 Å². The van der Waals surface area contributed by atoms with E-state index in [0.29, 0.717) is 23.2 Å². The normalized spacial score (nSPS) is 16.5. The SMILES string of the molecule is CCCCOC(=O)C1=C(C)Nc2ncnn2[C@@H]1c1ccc(Cl)cc1. The Hall–Kier alpha value is -2.34. The van der Waals surface area contributed by atoms with E-state index in [9.17, 15) is 4.79 Å². The van der Waals surface area contributed by atoms with E-state index in [1.807, 2.05) is 19.1 Å². The molecule has 1 N–H and O–H groups in total. The van der Waals surface area contributed by atoms with Crippen molar-refractivity contribution in [2.45, 2.75) is 32.7 Å². The lowest BCUT2D eigenvalue weighted by atomic mass is 9.96. The van der Waals surface area contributed by atoms with E-state index in [1.165, 1.54) is 6.33 Å². The van der Waals surface area contributed by atoms with Crippen LogP contribution in [-0.2, 0) is 9.53 Å². The van der Waals surface area contributed by atoms with Gasteiger partial charge in [0.25, 0.3) is 0 Å². The maximum atomic E-state index is 12.7. The molecule has 126 valence electrons. The number of hydrogen-bond acceptors (Lipinski definition) is 5. The Morgan fingerprint density at radius 3 is 2.83 bits per heavy atom. The molecule has 0 unspecified atom stereocenters. The largest absolute Gasteiger partial charge is 0.462 e. The third-order valence-electron chi connectivity index (χ3n) is 3.93. The molecule has 0 radical (unpaired) electrons. The van der Waals surface area contributed by atoms with Gasteiger partial charge in [0.1, 0.15) is 12.4 Å². The van der Waals surface area contributed by atoms with Crippen molar-refractivity contribution >= 4 is 23.5 Å². The van der Waals surface area contributed by atoms with Gasteiger partial charge in [-0.05, 0) is 31.0 Å². The number of nitrogens with one attached hydrogen (secondary N) is 1. The summed E-state index contributed by atoms with van der Waals surface area (Å²) >= 11 is 5.99. The van der Waals surface area contributed by atoms with Crippen LogP contribution in [0.4, 0.5) is 5.95 Å². The molecule has 0 spiro atoms. The smallest absolute Gasteiger partial charge is 0.338 e. The molecule has 0 saturated carbocycles. The average Bonchev–Trinajstić information content (AvgIpc) is 3.02. The zero-order chi connectivity index (χ0) is 17.1. The number of ether oxygens (including phenoxy) is 1. The number of carbonyl (C=O) groups is 1. The van der Waals surface area contributed by atoms with Crippen LogP contribution >= 0.6 is 11.6 Å². The maximum absolute atomic E-state index is 12.7. The van der Waals surface area contributed by atoms with Crippen molar-refractivity contribution in [3.63, 3.8) is 0 Å². The zero-order valence-electron chi connectivity index (χ0n) is 13.6. The maximum Gasteiger partial charge on any atom is 0.338 e. The van der Waals surface area contributed by atoms with E-state index in [0.717, 1.165) is 24.1 Å². The van der Waals surface area contributed by atoms with Gasteiger partial charge in [-0.3, -0.25) is 0 Å². The lowest BCUT2D eigenvalue weighted by molar-refractivity contribution is -0.139. The lowest BCUT2D eigenvalue weighted by Crippen LogP contribution is -2.29. The number of carbonyl (C=O) groups excluding carboxylic acids is 1. The van der Waals surface area contributed by atoms with Crippen LogP contribution in [0.1, 0.15) is 38.3 Å². The first-order chi connectivity index (χ1) is 11.6. The van der Waals surface area contributed by atoms with Crippen LogP contribution in [0, 0.1) is 0 Å². The summed E-state index contributed by atoms with van der Waals surface area (Å²) in [4.78, 5) is 16.9. The Kier molecular flexibility index (Phi) is 4.85. The summed E-state index contributed by atoms with van der Waals surface area (Å²) in [5.41, 5.74) is 2.15. The van der Waals surface area contributed by atoms with Crippen LogP contribution in [0.2, 0.25) is 5.02 Å². The highest BCUT2D eigenvalue weighted by Gasteiger charge is 2.34. The molecule has 2 heterocycles. The molecule has 3 rings (SSSR count). The van der Waals surface area contributed by atoms with Crippen molar-refractivity contribution in [2.75, 3.05) is 11.9 Å². The van der Waals surface area contributed by atoms with E-state index in [2.05, 4.69) is 22.3 Å². The fourth-order valence-electron chi connectivity index (χ4n) is 2.70. The van der Waals surface area contributed by atoms with E-state index in [1.54, 1.807) is 16.8 Å². The number of esters is 1. The highest BCUT2D eigenvalue weighted by atomic mass is 35.5. The number of hydrogen-bond donors (Lipinski definition) is 1. The highest BCUT2D eigenvalue weighted by molar-refractivity contribution is 6.30. The molecular formula is C17H19ClN4O2. The quantitative estimate of drug-likeness (QED) is 0.662. The first kappa shape index (κ1) is 16.5. The van der Waals surface area contributed by atoms with Crippen LogP contribution in [-0.4, -0.2) is 27.3 Å².